The molecule has 1 N–H and O–H groups in total. The first-order chi connectivity index (χ1) is 12.2. The summed E-state index contributed by atoms with van der Waals surface area (Å²) in [5.74, 6) is 1.35. The summed E-state index contributed by atoms with van der Waals surface area (Å²) >= 11 is 0. The second-order valence-corrected chi connectivity index (χ2v) is 5.18. The van der Waals surface area contributed by atoms with Crippen LogP contribution in [-0.4, -0.2) is 29.9 Å². The monoisotopic (exact) mass is 339 g/mol. The molecule has 1 aromatic carbocycles. The fourth-order valence-electron chi connectivity index (χ4n) is 2.19. The number of methoxy groups -OCH3 is 1. The Hall–Kier alpha value is -3.35. The van der Waals surface area contributed by atoms with E-state index in [-0.39, 0.29) is 5.88 Å². The van der Waals surface area contributed by atoms with E-state index in [0.717, 1.165) is 16.9 Å². The molecule has 7 heteroatoms. The van der Waals surface area contributed by atoms with Gasteiger partial charge in [0.15, 0.2) is 5.76 Å². The molecule has 0 bridgehead atoms. The van der Waals surface area contributed by atoms with Crippen molar-refractivity contribution >= 4 is 6.09 Å². The maximum atomic E-state index is 11.8. The average molecular weight is 339 g/mol. The SMILES string of the molecule is COc1ccc(-c2cc(OC(=O)NCCc3ccncc3)no2)cc1. The highest BCUT2D eigenvalue weighted by Crippen LogP contribution is 2.25. The summed E-state index contributed by atoms with van der Waals surface area (Å²) in [6, 6.07) is 12.6. The zero-order valence-corrected chi connectivity index (χ0v) is 13.6. The van der Waals surface area contributed by atoms with Crippen LogP contribution in [0.2, 0.25) is 0 Å². The molecule has 7 nitrogen and oxygen atoms in total. The second-order valence-electron chi connectivity index (χ2n) is 5.18. The molecule has 0 atom stereocenters. The molecule has 2 aromatic heterocycles. The first-order valence-electron chi connectivity index (χ1n) is 7.70. The molecule has 0 saturated carbocycles. The zero-order chi connectivity index (χ0) is 17.5. The van der Waals surface area contributed by atoms with Crippen molar-refractivity contribution in [1.29, 1.82) is 0 Å². The number of hydrogen-bond donors (Lipinski definition) is 1. The van der Waals surface area contributed by atoms with E-state index in [9.17, 15) is 4.79 Å². The lowest BCUT2D eigenvalue weighted by atomic mass is 10.2. The Morgan fingerprint density at radius 3 is 2.64 bits per heavy atom. The summed E-state index contributed by atoms with van der Waals surface area (Å²) < 4.78 is 15.4. The van der Waals surface area contributed by atoms with Gasteiger partial charge in [-0.05, 0) is 53.5 Å². The molecule has 1 amide bonds. The number of nitrogens with zero attached hydrogens (tertiary/aromatic N) is 2. The van der Waals surface area contributed by atoms with E-state index in [0.29, 0.717) is 18.7 Å². The van der Waals surface area contributed by atoms with Gasteiger partial charge in [0.25, 0.3) is 5.88 Å². The summed E-state index contributed by atoms with van der Waals surface area (Å²) in [4.78, 5) is 15.7. The van der Waals surface area contributed by atoms with Crippen molar-refractivity contribution in [3.05, 3.63) is 60.4 Å². The van der Waals surface area contributed by atoms with E-state index in [4.69, 9.17) is 14.0 Å². The van der Waals surface area contributed by atoms with Crippen molar-refractivity contribution in [3.8, 4) is 23.0 Å². The third kappa shape index (κ3) is 4.57. The lowest BCUT2D eigenvalue weighted by Crippen LogP contribution is -2.28. The Labute approximate surface area is 144 Å². The average Bonchev–Trinajstić information content (AvgIpc) is 3.11. The first kappa shape index (κ1) is 16.5. The smallest absolute Gasteiger partial charge is 0.414 e. The van der Waals surface area contributed by atoms with Gasteiger partial charge in [-0.15, -0.1) is 0 Å². The largest absolute Gasteiger partial charge is 0.497 e. The summed E-state index contributed by atoms with van der Waals surface area (Å²) in [5, 5.41) is 6.41. The van der Waals surface area contributed by atoms with Crippen LogP contribution in [0.4, 0.5) is 4.79 Å². The predicted molar refractivity (Wildman–Crippen MR) is 90.5 cm³/mol. The van der Waals surface area contributed by atoms with E-state index in [1.807, 2.05) is 36.4 Å². The van der Waals surface area contributed by atoms with Gasteiger partial charge in [0, 0.05) is 24.5 Å². The molecule has 0 aliphatic heterocycles. The second kappa shape index (κ2) is 7.96. The molecular weight excluding hydrogens is 322 g/mol. The minimum absolute atomic E-state index is 0.104. The predicted octanol–water partition coefficient (Wildman–Crippen LogP) is 3.08. The number of rotatable bonds is 6. The lowest BCUT2D eigenvalue weighted by Gasteiger charge is -2.03. The van der Waals surface area contributed by atoms with E-state index in [1.54, 1.807) is 25.6 Å². The van der Waals surface area contributed by atoms with Gasteiger partial charge in [0.05, 0.1) is 13.2 Å². The first-order valence-corrected chi connectivity index (χ1v) is 7.70. The Bertz CT molecular complexity index is 816. The van der Waals surface area contributed by atoms with Crippen LogP contribution < -0.4 is 14.8 Å². The van der Waals surface area contributed by atoms with Crippen molar-refractivity contribution in [2.75, 3.05) is 13.7 Å². The van der Waals surface area contributed by atoms with E-state index >= 15 is 0 Å². The van der Waals surface area contributed by atoms with Gasteiger partial charge < -0.3 is 19.3 Å². The van der Waals surface area contributed by atoms with Crippen LogP contribution in [0.5, 0.6) is 11.6 Å². The molecule has 25 heavy (non-hydrogen) atoms. The standard InChI is InChI=1S/C18H17N3O4/c1-23-15-4-2-14(3-5-15)16-12-17(21-25-16)24-18(22)20-11-8-13-6-9-19-10-7-13/h2-7,9-10,12H,8,11H2,1H3,(H,20,22). The molecule has 0 aliphatic rings. The third-order valence-corrected chi connectivity index (χ3v) is 3.49. The highest BCUT2D eigenvalue weighted by Gasteiger charge is 2.11. The van der Waals surface area contributed by atoms with Crippen molar-refractivity contribution in [3.63, 3.8) is 0 Å². The van der Waals surface area contributed by atoms with Crippen LogP contribution in [0.15, 0.2) is 59.4 Å². The topological polar surface area (TPSA) is 86.5 Å². The van der Waals surface area contributed by atoms with E-state index < -0.39 is 6.09 Å². The van der Waals surface area contributed by atoms with Gasteiger partial charge in [-0.3, -0.25) is 4.98 Å². The van der Waals surface area contributed by atoms with Crippen LogP contribution in [0.1, 0.15) is 5.56 Å². The Morgan fingerprint density at radius 2 is 1.92 bits per heavy atom. The van der Waals surface area contributed by atoms with Crippen LogP contribution in [0, 0.1) is 0 Å². The number of carbonyl (C=O) groups is 1. The Kier molecular flexibility index (Phi) is 5.26. The number of benzene rings is 1. The minimum Gasteiger partial charge on any atom is -0.497 e. The quantitative estimate of drug-likeness (QED) is 0.743. The van der Waals surface area contributed by atoms with Gasteiger partial charge >= 0.3 is 6.09 Å². The van der Waals surface area contributed by atoms with Gasteiger partial charge in [-0.25, -0.2) is 4.79 Å². The fourth-order valence-corrected chi connectivity index (χ4v) is 2.19. The number of pyridine rings is 1. The summed E-state index contributed by atoms with van der Waals surface area (Å²) in [6.07, 6.45) is 3.53. The molecule has 3 rings (SSSR count). The molecule has 3 aromatic rings. The molecule has 0 aliphatic carbocycles. The molecule has 0 unspecified atom stereocenters. The number of hydrogen-bond acceptors (Lipinski definition) is 6. The van der Waals surface area contributed by atoms with Crippen molar-refractivity contribution in [2.45, 2.75) is 6.42 Å². The molecule has 0 saturated heterocycles. The number of aromatic nitrogens is 2. The lowest BCUT2D eigenvalue weighted by molar-refractivity contribution is 0.196. The maximum Gasteiger partial charge on any atom is 0.414 e. The zero-order valence-electron chi connectivity index (χ0n) is 13.6. The van der Waals surface area contributed by atoms with Gasteiger partial charge in [-0.2, -0.15) is 0 Å². The minimum atomic E-state index is -0.580. The Morgan fingerprint density at radius 1 is 1.16 bits per heavy atom. The number of amides is 1. The van der Waals surface area contributed by atoms with Crippen LogP contribution >= 0.6 is 0 Å². The van der Waals surface area contributed by atoms with Crippen LogP contribution in [-0.2, 0) is 6.42 Å². The normalized spacial score (nSPS) is 10.3. The fraction of sp³-hybridized carbons (Fsp3) is 0.167. The molecule has 0 fully saturated rings. The highest BCUT2D eigenvalue weighted by atomic mass is 16.6. The molecule has 2 heterocycles. The summed E-state index contributed by atoms with van der Waals surface area (Å²) in [7, 11) is 1.60. The van der Waals surface area contributed by atoms with Crippen molar-refractivity contribution < 1.29 is 18.8 Å². The number of carbonyl (C=O) groups excluding carboxylic acids is 1. The van der Waals surface area contributed by atoms with E-state index in [2.05, 4.69) is 15.5 Å². The number of nitrogens with one attached hydrogen (secondary N) is 1. The number of ether oxygens (including phenoxy) is 2. The van der Waals surface area contributed by atoms with Gasteiger partial charge in [0.2, 0.25) is 0 Å². The molecular formula is C18H17N3O4. The maximum absolute atomic E-state index is 11.8. The summed E-state index contributed by atoms with van der Waals surface area (Å²) in [5.41, 5.74) is 1.89. The molecule has 0 spiro atoms. The van der Waals surface area contributed by atoms with Crippen molar-refractivity contribution in [1.82, 2.24) is 15.5 Å². The van der Waals surface area contributed by atoms with Gasteiger partial charge in [-0.1, -0.05) is 0 Å². The van der Waals surface area contributed by atoms with Crippen LogP contribution in [0.3, 0.4) is 0 Å². The highest BCUT2D eigenvalue weighted by molar-refractivity contribution is 5.70. The molecule has 128 valence electrons. The summed E-state index contributed by atoms with van der Waals surface area (Å²) in [6.45, 7) is 0.450. The Balaban J connectivity index is 1.51. The van der Waals surface area contributed by atoms with Crippen LogP contribution in [0.25, 0.3) is 11.3 Å². The van der Waals surface area contributed by atoms with Gasteiger partial charge in [0.1, 0.15) is 5.75 Å². The van der Waals surface area contributed by atoms with E-state index in [1.165, 1.54) is 0 Å². The third-order valence-electron chi connectivity index (χ3n) is 3.49. The van der Waals surface area contributed by atoms with Crippen molar-refractivity contribution in [2.24, 2.45) is 0 Å². The molecule has 0 radical (unpaired) electrons.